The van der Waals surface area contributed by atoms with Crippen molar-refractivity contribution in [2.45, 2.75) is 97.1 Å². The predicted octanol–water partition coefficient (Wildman–Crippen LogP) is 4.27. The van der Waals surface area contributed by atoms with Crippen LogP contribution in [0.15, 0.2) is 24.3 Å². The van der Waals surface area contributed by atoms with Crippen LogP contribution in [0.4, 0.5) is 0 Å². The van der Waals surface area contributed by atoms with Gasteiger partial charge in [-0.15, -0.1) is 0 Å². The van der Waals surface area contributed by atoms with Gasteiger partial charge in [0.25, 0.3) is 0 Å². The molecule has 160 valence electrons. The van der Waals surface area contributed by atoms with Gasteiger partial charge in [-0.3, -0.25) is 4.79 Å². The molecular formula is C23H35BO5. The minimum Gasteiger partial charge on any atom is -0.490 e. The van der Waals surface area contributed by atoms with Crippen molar-refractivity contribution in [3.63, 3.8) is 0 Å². The smallest absolute Gasteiger partial charge is 0.490 e. The Bertz CT molecular complexity index is 704. The first kappa shape index (κ1) is 22.2. The summed E-state index contributed by atoms with van der Waals surface area (Å²) in [6.45, 7) is 13.9. The molecule has 29 heavy (non-hydrogen) atoms. The zero-order chi connectivity index (χ0) is 21.4. The van der Waals surface area contributed by atoms with Crippen LogP contribution in [-0.4, -0.2) is 36.0 Å². The highest BCUT2D eigenvalue weighted by Gasteiger charge is 2.51. The Morgan fingerprint density at radius 2 is 1.66 bits per heavy atom. The molecule has 1 saturated heterocycles. The van der Waals surface area contributed by atoms with E-state index in [-0.39, 0.29) is 30.4 Å². The Kier molecular flexibility index (Phi) is 6.08. The molecule has 5 nitrogen and oxygen atoms in total. The van der Waals surface area contributed by atoms with Crippen molar-refractivity contribution < 1.29 is 23.6 Å². The molecule has 2 unspecified atom stereocenters. The number of hydrogen-bond donors (Lipinski definition) is 0. The van der Waals surface area contributed by atoms with E-state index in [2.05, 4.69) is 27.7 Å². The molecular weight excluding hydrogens is 367 g/mol. The molecule has 3 rings (SSSR count). The first-order valence-corrected chi connectivity index (χ1v) is 10.7. The van der Waals surface area contributed by atoms with E-state index in [0.29, 0.717) is 12.3 Å². The van der Waals surface area contributed by atoms with Crippen LogP contribution in [0.3, 0.4) is 0 Å². The van der Waals surface area contributed by atoms with Crippen LogP contribution < -0.4 is 10.2 Å². The zero-order valence-corrected chi connectivity index (χ0v) is 18.9. The molecule has 1 aromatic carbocycles. The first-order chi connectivity index (χ1) is 13.3. The summed E-state index contributed by atoms with van der Waals surface area (Å²) in [6, 6.07) is 7.96. The molecule has 6 heteroatoms. The second-order valence-electron chi connectivity index (χ2n) is 10.4. The Labute approximate surface area is 175 Å². The molecule has 1 aliphatic heterocycles. The average Bonchev–Trinajstić information content (AvgIpc) is 3.07. The van der Waals surface area contributed by atoms with E-state index in [1.165, 1.54) is 0 Å². The second-order valence-corrected chi connectivity index (χ2v) is 10.4. The number of carbonyl (C=O) groups excluding carboxylic acids is 1. The highest BCUT2D eigenvalue weighted by Crippen LogP contribution is 2.37. The van der Waals surface area contributed by atoms with Crippen molar-refractivity contribution in [2.75, 3.05) is 0 Å². The SMILES string of the molecule is CC(C)(C)OC(=O)CC1CCC(Oc2ccc(B3OC(C)(C)C(C)(C)O3)cc2)C1. The Balaban J connectivity index is 1.50. The van der Waals surface area contributed by atoms with Gasteiger partial charge in [-0.2, -0.15) is 0 Å². The van der Waals surface area contributed by atoms with Crippen LogP contribution in [0.1, 0.15) is 74.1 Å². The van der Waals surface area contributed by atoms with Crippen molar-refractivity contribution in [1.82, 2.24) is 0 Å². The number of esters is 1. The molecule has 0 aromatic heterocycles. The fraction of sp³-hybridized carbons (Fsp3) is 0.696. The van der Waals surface area contributed by atoms with Gasteiger partial charge in [0.1, 0.15) is 11.4 Å². The van der Waals surface area contributed by atoms with Gasteiger partial charge >= 0.3 is 13.1 Å². The van der Waals surface area contributed by atoms with Crippen molar-refractivity contribution in [1.29, 1.82) is 0 Å². The van der Waals surface area contributed by atoms with Crippen LogP contribution in [0.25, 0.3) is 0 Å². The summed E-state index contributed by atoms with van der Waals surface area (Å²) in [6.07, 6.45) is 3.46. The standard InChI is InChI=1S/C23H35BO5/c1-21(2,3)27-20(25)15-16-8-11-19(14-16)26-18-12-9-17(10-13-18)24-28-22(4,5)23(6,7)29-24/h9-10,12-13,16,19H,8,11,14-15H2,1-7H3. The molecule has 0 bridgehead atoms. The van der Waals surface area contributed by atoms with Crippen molar-refractivity contribution in [3.8, 4) is 5.75 Å². The van der Waals surface area contributed by atoms with Gasteiger partial charge in [0.05, 0.1) is 17.3 Å². The number of ether oxygens (including phenoxy) is 2. The lowest BCUT2D eigenvalue weighted by Gasteiger charge is -2.32. The van der Waals surface area contributed by atoms with E-state index in [1.807, 2.05) is 45.0 Å². The normalized spacial score (nSPS) is 25.8. The van der Waals surface area contributed by atoms with Crippen LogP contribution in [0.2, 0.25) is 0 Å². The lowest BCUT2D eigenvalue weighted by molar-refractivity contribution is -0.155. The van der Waals surface area contributed by atoms with Crippen LogP contribution >= 0.6 is 0 Å². The number of rotatable bonds is 5. The van der Waals surface area contributed by atoms with Crippen LogP contribution in [0.5, 0.6) is 5.75 Å². The lowest BCUT2D eigenvalue weighted by atomic mass is 9.79. The molecule has 1 saturated carbocycles. The Hall–Kier alpha value is -1.53. The Morgan fingerprint density at radius 1 is 1.07 bits per heavy atom. The summed E-state index contributed by atoms with van der Waals surface area (Å²) in [5.41, 5.74) is -0.130. The van der Waals surface area contributed by atoms with E-state index < -0.39 is 5.60 Å². The van der Waals surface area contributed by atoms with Gasteiger partial charge in [0, 0.05) is 6.42 Å². The van der Waals surface area contributed by atoms with Crippen LogP contribution in [0, 0.1) is 5.92 Å². The van der Waals surface area contributed by atoms with E-state index in [4.69, 9.17) is 18.8 Å². The van der Waals surface area contributed by atoms with Gasteiger partial charge < -0.3 is 18.8 Å². The predicted molar refractivity (Wildman–Crippen MR) is 114 cm³/mol. The van der Waals surface area contributed by atoms with Crippen molar-refractivity contribution >= 4 is 18.6 Å². The van der Waals surface area contributed by atoms with E-state index in [1.54, 1.807) is 0 Å². The number of benzene rings is 1. The number of carbonyl (C=O) groups is 1. The summed E-state index contributed by atoms with van der Waals surface area (Å²) >= 11 is 0. The van der Waals surface area contributed by atoms with Gasteiger partial charge in [0.15, 0.2) is 0 Å². The molecule has 0 N–H and O–H groups in total. The summed E-state index contributed by atoms with van der Waals surface area (Å²) in [5.74, 6) is 1.06. The molecule has 0 amide bonds. The molecule has 1 heterocycles. The van der Waals surface area contributed by atoms with E-state index in [0.717, 1.165) is 30.5 Å². The molecule has 2 atom stereocenters. The maximum absolute atomic E-state index is 12.0. The van der Waals surface area contributed by atoms with Crippen molar-refractivity contribution in [3.05, 3.63) is 24.3 Å². The molecule has 2 aliphatic rings. The van der Waals surface area contributed by atoms with Gasteiger partial charge in [-0.1, -0.05) is 12.1 Å². The maximum Gasteiger partial charge on any atom is 0.494 e. The monoisotopic (exact) mass is 402 g/mol. The first-order valence-electron chi connectivity index (χ1n) is 10.7. The van der Waals surface area contributed by atoms with Gasteiger partial charge in [-0.25, -0.2) is 0 Å². The molecule has 2 fully saturated rings. The molecule has 1 aliphatic carbocycles. The van der Waals surface area contributed by atoms with E-state index in [9.17, 15) is 4.79 Å². The van der Waals surface area contributed by atoms with E-state index >= 15 is 0 Å². The third-order valence-corrected chi connectivity index (χ3v) is 6.08. The minimum absolute atomic E-state index is 0.116. The molecule has 1 aromatic rings. The fourth-order valence-corrected chi connectivity index (χ4v) is 3.82. The third kappa shape index (κ3) is 5.55. The maximum atomic E-state index is 12.0. The third-order valence-electron chi connectivity index (χ3n) is 6.08. The Morgan fingerprint density at radius 3 is 2.21 bits per heavy atom. The average molecular weight is 402 g/mol. The molecule has 0 spiro atoms. The van der Waals surface area contributed by atoms with Crippen LogP contribution in [-0.2, 0) is 18.8 Å². The highest BCUT2D eigenvalue weighted by atomic mass is 16.7. The number of hydrogen-bond acceptors (Lipinski definition) is 5. The highest BCUT2D eigenvalue weighted by molar-refractivity contribution is 6.62. The van der Waals surface area contributed by atoms with Gasteiger partial charge in [0.2, 0.25) is 0 Å². The van der Waals surface area contributed by atoms with Crippen molar-refractivity contribution in [2.24, 2.45) is 5.92 Å². The van der Waals surface area contributed by atoms with Gasteiger partial charge in [-0.05, 0) is 91.2 Å². The summed E-state index contributed by atoms with van der Waals surface area (Å²) in [7, 11) is -0.362. The summed E-state index contributed by atoms with van der Waals surface area (Å²) in [4.78, 5) is 12.0. The molecule has 0 radical (unpaired) electrons. The largest absolute Gasteiger partial charge is 0.494 e. The minimum atomic E-state index is -0.426. The summed E-state index contributed by atoms with van der Waals surface area (Å²) in [5, 5.41) is 0. The quantitative estimate of drug-likeness (QED) is 0.544. The summed E-state index contributed by atoms with van der Waals surface area (Å²) < 4.78 is 23.8. The fourth-order valence-electron chi connectivity index (χ4n) is 3.82. The lowest BCUT2D eigenvalue weighted by Crippen LogP contribution is -2.41. The topological polar surface area (TPSA) is 54.0 Å². The zero-order valence-electron chi connectivity index (χ0n) is 18.9. The second kappa shape index (κ2) is 7.95.